The maximum Gasteiger partial charge on any atom is 0.303 e. The highest BCUT2D eigenvalue weighted by Crippen LogP contribution is 2.35. The van der Waals surface area contributed by atoms with Gasteiger partial charge in [0.05, 0.1) is 5.92 Å². The molecule has 0 radical (unpaired) electrons. The van der Waals surface area contributed by atoms with Crippen molar-refractivity contribution in [2.75, 3.05) is 6.54 Å². The monoisotopic (exact) mass is 315 g/mol. The molecule has 4 nitrogen and oxygen atoms in total. The van der Waals surface area contributed by atoms with Crippen LogP contribution in [0, 0.1) is 0 Å². The van der Waals surface area contributed by atoms with Crippen LogP contribution in [0.1, 0.15) is 62.0 Å². The van der Waals surface area contributed by atoms with Gasteiger partial charge in [0, 0.05) is 19.0 Å². The summed E-state index contributed by atoms with van der Waals surface area (Å²) in [5.41, 5.74) is 2.49. The molecule has 1 aromatic rings. The fourth-order valence-electron chi connectivity index (χ4n) is 4.09. The summed E-state index contributed by atoms with van der Waals surface area (Å²) in [4.78, 5) is 26.0. The normalized spacial score (nSPS) is 24.1. The second-order valence-corrected chi connectivity index (χ2v) is 6.76. The number of hydrogen-bond donors (Lipinski definition) is 1. The van der Waals surface area contributed by atoms with Gasteiger partial charge in [0.15, 0.2) is 0 Å². The number of benzene rings is 1. The van der Waals surface area contributed by atoms with Gasteiger partial charge >= 0.3 is 5.97 Å². The first-order valence-corrected chi connectivity index (χ1v) is 8.77. The SMILES string of the molecule is O=C(O)CCC1CCCCN1C(=O)C1CCCc2ccccc21. The summed E-state index contributed by atoms with van der Waals surface area (Å²) in [7, 11) is 0. The Hall–Kier alpha value is -1.84. The lowest BCUT2D eigenvalue weighted by molar-refractivity contribution is -0.141. The summed E-state index contributed by atoms with van der Waals surface area (Å²) in [5, 5.41) is 8.94. The maximum absolute atomic E-state index is 13.1. The van der Waals surface area contributed by atoms with Crippen LogP contribution in [0.4, 0.5) is 0 Å². The summed E-state index contributed by atoms with van der Waals surface area (Å²) in [6.07, 6.45) is 6.82. The average Bonchev–Trinajstić information content (AvgIpc) is 2.59. The number of carbonyl (C=O) groups is 2. The molecule has 3 rings (SSSR count). The van der Waals surface area contributed by atoms with Crippen LogP contribution >= 0.6 is 0 Å². The molecule has 1 aliphatic carbocycles. The third-order valence-corrected chi connectivity index (χ3v) is 5.27. The Morgan fingerprint density at radius 3 is 2.78 bits per heavy atom. The number of carbonyl (C=O) groups excluding carboxylic acids is 1. The first-order chi connectivity index (χ1) is 11.2. The average molecular weight is 315 g/mol. The summed E-state index contributed by atoms with van der Waals surface area (Å²) in [5.74, 6) is -0.594. The number of rotatable bonds is 4. The zero-order valence-electron chi connectivity index (χ0n) is 13.5. The lowest BCUT2D eigenvalue weighted by Gasteiger charge is -2.39. The van der Waals surface area contributed by atoms with E-state index >= 15 is 0 Å². The maximum atomic E-state index is 13.1. The Balaban J connectivity index is 1.77. The van der Waals surface area contributed by atoms with Crippen molar-refractivity contribution in [3.05, 3.63) is 35.4 Å². The number of piperidine rings is 1. The van der Waals surface area contributed by atoms with Gasteiger partial charge in [-0.2, -0.15) is 0 Å². The molecule has 1 N–H and O–H groups in total. The van der Waals surface area contributed by atoms with E-state index in [9.17, 15) is 9.59 Å². The molecule has 0 saturated carbocycles. The molecule has 2 aliphatic rings. The number of hydrogen-bond acceptors (Lipinski definition) is 2. The number of likely N-dealkylation sites (tertiary alicyclic amines) is 1. The van der Waals surface area contributed by atoms with Gasteiger partial charge in [-0.3, -0.25) is 9.59 Å². The van der Waals surface area contributed by atoms with Crippen LogP contribution in [0.5, 0.6) is 0 Å². The zero-order chi connectivity index (χ0) is 16.2. The molecule has 0 bridgehead atoms. The molecule has 2 atom stereocenters. The smallest absolute Gasteiger partial charge is 0.303 e. The molecule has 0 aromatic heterocycles. The quantitative estimate of drug-likeness (QED) is 0.927. The van der Waals surface area contributed by atoms with Crippen molar-refractivity contribution in [3.8, 4) is 0 Å². The number of amides is 1. The molecule has 4 heteroatoms. The highest BCUT2D eigenvalue weighted by atomic mass is 16.4. The van der Waals surface area contributed by atoms with Crippen LogP contribution in [0.3, 0.4) is 0 Å². The van der Waals surface area contributed by atoms with Gasteiger partial charge in [-0.25, -0.2) is 0 Å². The van der Waals surface area contributed by atoms with E-state index < -0.39 is 5.97 Å². The minimum atomic E-state index is -0.772. The Labute approximate surface area is 137 Å². The second kappa shape index (κ2) is 7.16. The van der Waals surface area contributed by atoms with Crippen molar-refractivity contribution in [3.63, 3.8) is 0 Å². The van der Waals surface area contributed by atoms with Crippen molar-refractivity contribution < 1.29 is 14.7 Å². The summed E-state index contributed by atoms with van der Waals surface area (Å²) >= 11 is 0. The lowest BCUT2D eigenvalue weighted by atomic mass is 9.81. The van der Waals surface area contributed by atoms with Crippen molar-refractivity contribution in [1.82, 2.24) is 4.90 Å². The Morgan fingerprint density at radius 1 is 1.13 bits per heavy atom. The van der Waals surface area contributed by atoms with E-state index in [1.54, 1.807) is 0 Å². The first-order valence-electron chi connectivity index (χ1n) is 8.77. The van der Waals surface area contributed by atoms with Crippen molar-refractivity contribution in [1.29, 1.82) is 0 Å². The number of carboxylic acids is 1. The Morgan fingerprint density at radius 2 is 1.96 bits per heavy atom. The van der Waals surface area contributed by atoms with Gasteiger partial charge in [-0.15, -0.1) is 0 Å². The third-order valence-electron chi connectivity index (χ3n) is 5.27. The van der Waals surface area contributed by atoms with Gasteiger partial charge in [-0.05, 0) is 56.1 Å². The minimum Gasteiger partial charge on any atom is -0.481 e. The van der Waals surface area contributed by atoms with E-state index in [0.29, 0.717) is 6.42 Å². The van der Waals surface area contributed by atoms with Crippen molar-refractivity contribution >= 4 is 11.9 Å². The van der Waals surface area contributed by atoms with E-state index in [1.807, 2.05) is 17.0 Å². The first kappa shape index (κ1) is 16.0. The predicted molar refractivity (Wildman–Crippen MR) is 88.3 cm³/mol. The van der Waals surface area contributed by atoms with E-state index in [1.165, 1.54) is 11.1 Å². The molecule has 0 spiro atoms. The van der Waals surface area contributed by atoms with E-state index in [0.717, 1.165) is 45.1 Å². The van der Waals surface area contributed by atoms with E-state index in [2.05, 4.69) is 12.1 Å². The number of fused-ring (bicyclic) bond motifs is 1. The molecule has 1 heterocycles. The molecule has 1 aromatic carbocycles. The lowest BCUT2D eigenvalue weighted by Crippen LogP contribution is -2.46. The van der Waals surface area contributed by atoms with Gasteiger partial charge in [0.1, 0.15) is 0 Å². The molecule has 124 valence electrons. The molecule has 2 unspecified atom stereocenters. The van der Waals surface area contributed by atoms with Crippen LogP contribution in [-0.2, 0) is 16.0 Å². The molecular weight excluding hydrogens is 290 g/mol. The highest BCUT2D eigenvalue weighted by Gasteiger charge is 2.34. The van der Waals surface area contributed by atoms with Crippen molar-refractivity contribution in [2.24, 2.45) is 0 Å². The minimum absolute atomic E-state index is 0.0367. The topological polar surface area (TPSA) is 57.6 Å². The summed E-state index contributed by atoms with van der Waals surface area (Å²) in [6, 6.07) is 8.38. The van der Waals surface area contributed by atoms with Crippen LogP contribution in [-0.4, -0.2) is 34.5 Å². The van der Waals surface area contributed by atoms with E-state index in [-0.39, 0.29) is 24.3 Å². The van der Waals surface area contributed by atoms with Gasteiger partial charge < -0.3 is 10.0 Å². The van der Waals surface area contributed by atoms with Crippen molar-refractivity contribution in [2.45, 2.75) is 63.3 Å². The van der Waals surface area contributed by atoms with Crippen LogP contribution in [0.2, 0.25) is 0 Å². The number of aliphatic carboxylic acids is 1. The van der Waals surface area contributed by atoms with Gasteiger partial charge in [0.2, 0.25) is 5.91 Å². The number of carboxylic acid groups (broad SMARTS) is 1. The number of nitrogens with zero attached hydrogens (tertiary/aromatic N) is 1. The van der Waals surface area contributed by atoms with Crippen LogP contribution in [0.15, 0.2) is 24.3 Å². The Kier molecular flexibility index (Phi) is 4.99. The highest BCUT2D eigenvalue weighted by molar-refractivity contribution is 5.85. The molecule has 1 fully saturated rings. The van der Waals surface area contributed by atoms with Crippen LogP contribution in [0.25, 0.3) is 0 Å². The van der Waals surface area contributed by atoms with E-state index in [4.69, 9.17) is 5.11 Å². The fourth-order valence-corrected chi connectivity index (χ4v) is 4.09. The summed E-state index contributed by atoms with van der Waals surface area (Å²) < 4.78 is 0. The molecular formula is C19H25NO3. The largest absolute Gasteiger partial charge is 0.481 e. The fraction of sp³-hybridized carbons (Fsp3) is 0.579. The summed E-state index contributed by atoms with van der Waals surface area (Å²) in [6.45, 7) is 0.780. The molecule has 1 aliphatic heterocycles. The third kappa shape index (κ3) is 3.57. The predicted octanol–water partition coefficient (Wildman–Crippen LogP) is 3.35. The Bertz CT molecular complexity index is 584. The molecule has 23 heavy (non-hydrogen) atoms. The van der Waals surface area contributed by atoms with Crippen LogP contribution < -0.4 is 0 Å². The zero-order valence-corrected chi connectivity index (χ0v) is 13.5. The molecule has 1 amide bonds. The standard InChI is InChI=1S/C19H25NO3/c21-18(22)12-11-15-8-3-4-13-20(15)19(23)17-10-5-7-14-6-1-2-9-16(14)17/h1-2,6,9,15,17H,3-5,7-8,10-13H2,(H,21,22). The second-order valence-electron chi connectivity index (χ2n) is 6.76. The molecule has 1 saturated heterocycles. The van der Waals surface area contributed by atoms with Gasteiger partial charge in [-0.1, -0.05) is 24.3 Å². The number of aryl methyl sites for hydroxylation is 1. The van der Waals surface area contributed by atoms with Gasteiger partial charge in [0.25, 0.3) is 0 Å².